The zero-order valence-electron chi connectivity index (χ0n) is 22.0. The van der Waals surface area contributed by atoms with E-state index in [0.29, 0.717) is 13.0 Å². The predicted molar refractivity (Wildman–Crippen MR) is 130 cm³/mol. The van der Waals surface area contributed by atoms with E-state index < -0.39 is 6.04 Å². The van der Waals surface area contributed by atoms with Gasteiger partial charge in [0.2, 0.25) is 0 Å². The van der Waals surface area contributed by atoms with Crippen molar-refractivity contribution in [2.45, 2.75) is 108 Å². The Bertz CT molecular complexity index is 799. The van der Waals surface area contributed by atoms with Crippen molar-refractivity contribution in [2.24, 2.45) is 11.8 Å². The number of hydrogen-bond acceptors (Lipinski definition) is 8. The molecule has 198 valence electrons. The van der Waals surface area contributed by atoms with Crippen LogP contribution in [-0.4, -0.2) is 74.9 Å². The Balaban J connectivity index is 1.38. The highest BCUT2D eigenvalue weighted by Crippen LogP contribution is 2.59. The van der Waals surface area contributed by atoms with Crippen LogP contribution in [0.1, 0.15) is 72.1 Å². The lowest BCUT2D eigenvalue weighted by Crippen LogP contribution is -2.56. The quantitative estimate of drug-likeness (QED) is 0.281. The van der Waals surface area contributed by atoms with Crippen molar-refractivity contribution in [3.63, 3.8) is 0 Å². The number of allylic oxidation sites excluding steroid dienone is 1. The molecule has 1 N–H and O–H groups in total. The molecule has 0 unspecified atom stereocenters. The maximum atomic E-state index is 12.9. The van der Waals surface area contributed by atoms with Crippen molar-refractivity contribution in [1.82, 2.24) is 5.32 Å². The molecule has 0 aromatic rings. The Labute approximate surface area is 209 Å². The standard InChI is InChI=1S/C27H43NO7/c1-17(2)11-12-20-26(3,35-20)24-23(31-4)19(13-14-27(24)16-33-27)34-21(29)15-28-22(25(30)32-5)18-9-7-6-8-10-18/h11,18-20,22-24,28H,6-10,12-16H2,1-5H3/t19-,20-,22-,23-,24-,26+,27+/m1/s1. The van der Waals surface area contributed by atoms with E-state index in [-0.39, 0.29) is 59.8 Å². The van der Waals surface area contributed by atoms with Crippen molar-refractivity contribution in [3.05, 3.63) is 11.6 Å². The summed E-state index contributed by atoms with van der Waals surface area (Å²) in [5, 5.41) is 3.13. The minimum absolute atomic E-state index is 0.0138. The van der Waals surface area contributed by atoms with Crippen LogP contribution in [0.15, 0.2) is 11.6 Å². The van der Waals surface area contributed by atoms with E-state index in [1.54, 1.807) is 7.11 Å². The van der Waals surface area contributed by atoms with Gasteiger partial charge in [0.05, 0.1) is 32.3 Å². The van der Waals surface area contributed by atoms with Crippen LogP contribution >= 0.6 is 0 Å². The van der Waals surface area contributed by atoms with Crippen LogP contribution in [-0.2, 0) is 33.3 Å². The Kier molecular flexibility index (Phi) is 8.25. The number of hydrogen-bond donors (Lipinski definition) is 1. The molecule has 2 saturated heterocycles. The summed E-state index contributed by atoms with van der Waals surface area (Å²) < 4.78 is 29.1. The molecule has 0 bridgehead atoms. The molecule has 2 heterocycles. The maximum absolute atomic E-state index is 12.9. The van der Waals surface area contributed by atoms with E-state index in [4.69, 9.17) is 23.7 Å². The summed E-state index contributed by atoms with van der Waals surface area (Å²) in [6.07, 6.45) is 9.27. The van der Waals surface area contributed by atoms with Gasteiger partial charge in [-0.25, -0.2) is 0 Å². The summed E-state index contributed by atoms with van der Waals surface area (Å²) in [6.45, 7) is 6.97. The first-order valence-electron chi connectivity index (χ1n) is 13.2. The molecular formula is C27H43NO7. The average Bonchev–Trinajstić information content (AvgIpc) is 3.76. The lowest BCUT2D eigenvalue weighted by Gasteiger charge is -2.42. The van der Waals surface area contributed by atoms with Gasteiger partial charge in [0.25, 0.3) is 0 Å². The first-order valence-corrected chi connectivity index (χ1v) is 13.2. The Hall–Kier alpha value is -1.48. The van der Waals surface area contributed by atoms with Gasteiger partial charge in [0.15, 0.2) is 0 Å². The maximum Gasteiger partial charge on any atom is 0.323 e. The van der Waals surface area contributed by atoms with Crippen LogP contribution in [0.5, 0.6) is 0 Å². The Morgan fingerprint density at radius 1 is 1.14 bits per heavy atom. The van der Waals surface area contributed by atoms with Gasteiger partial charge in [-0.15, -0.1) is 0 Å². The molecule has 0 aromatic carbocycles. The lowest BCUT2D eigenvalue weighted by molar-refractivity contribution is -0.171. The van der Waals surface area contributed by atoms with Crippen LogP contribution in [0.4, 0.5) is 0 Å². The van der Waals surface area contributed by atoms with E-state index in [1.807, 2.05) is 0 Å². The topological polar surface area (TPSA) is 98.9 Å². The molecule has 4 fully saturated rings. The first-order chi connectivity index (χ1) is 16.7. The minimum Gasteiger partial charge on any atom is -0.468 e. The van der Waals surface area contributed by atoms with Gasteiger partial charge >= 0.3 is 11.9 Å². The van der Waals surface area contributed by atoms with Gasteiger partial charge in [-0.1, -0.05) is 30.9 Å². The Morgan fingerprint density at radius 2 is 1.86 bits per heavy atom. The second-order valence-corrected chi connectivity index (χ2v) is 11.2. The summed E-state index contributed by atoms with van der Waals surface area (Å²) >= 11 is 0. The molecule has 7 atom stereocenters. The van der Waals surface area contributed by atoms with Gasteiger partial charge in [-0.3, -0.25) is 14.9 Å². The highest BCUT2D eigenvalue weighted by atomic mass is 16.6. The monoisotopic (exact) mass is 493 g/mol. The molecule has 8 nitrogen and oxygen atoms in total. The molecular weight excluding hydrogens is 450 g/mol. The first kappa shape index (κ1) is 26.6. The number of epoxide rings is 2. The molecule has 1 spiro atoms. The summed E-state index contributed by atoms with van der Waals surface area (Å²) in [5.74, 6) is -0.520. The van der Waals surface area contributed by atoms with Gasteiger partial charge in [0, 0.05) is 7.11 Å². The zero-order chi connectivity index (χ0) is 25.2. The van der Waals surface area contributed by atoms with Crippen LogP contribution in [0.25, 0.3) is 0 Å². The SMILES string of the molecule is COC(=O)[C@H](NCC(=O)O[C@@H]1CC[C@]2(CO2)[C@@H]([C@@]2(C)O[C@@H]2CC=C(C)C)[C@@H]1OC)C1CCCCC1. The third-order valence-corrected chi connectivity index (χ3v) is 8.56. The second kappa shape index (κ2) is 10.9. The predicted octanol–water partition coefficient (Wildman–Crippen LogP) is 3.32. The molecule has 0 aromatic heterocycles. The van der Waals surface area contributed by atoms with E-state index in [1.165, 1.54) is 19.1 Å². The molecule has 4 aliphatic rings. The Morgan fingerprint density at radius 3 is 2.46 bits per heavy atom. The molecule has 0 amide bonds. The third-order valence-electron chi connectivity index (χ3n) is 8.56. The molecule has 8 heteroatoms. The van der Waals surface area contributed by atoms with Crippen LogP contribution in [0.2, 0.25) is 0 Å². The number of carbonyl (C=O) groups excluding carboxylic acids is 2. The molecule has 2 saturated carbocycles. The summed E-state index contributed by atoms with van der Waals surface area (Å²) in [7, 11) is 3.07. The van der Waals surface area contributed by atoms with E-state index >= 15 is 0 Å². The van der Waals surface area contributed by atoms with E-state index in [2.05, 4.69) is 32.2 Å². The number of rotatable bonds is 10. The smallest absolute Gasteiger partial charge is 0.323 e. The van der Waals surface area contributed by atoms with Crippen molar-refractivity contribution in [1.29, 1.82) is 0 Å². The molecule has 2 aliphatic heterocycles. The summed E-state index contributed by atoms with van der Waals surface area (Å²) in [4.78, 5) is 25.3. The molecule has 2 aliphatic carbocycles. The van der Waals surface area contributed by atoms with Crippen molar-refractivity contribution < 1.29 is 33.3 Å². The molecule has 35 heavy (non-hydrogen) atoms. The van der Waals surface area contributed by atoms with Gasteiger partial charge in [-0.05, 0) is 58.8 Å². The van der Waals surface area contributed by atoms with Crippen molar-refractivity contribution in [2.75, 3.05) is 27.4 Å². The number of ether oxygens (including phenoxy) is 5. The number of nitrogens with one attached hydrogen (secondary N) is 1. The molecule has 0 radical (unpaired) electrons. The fourth-order valence-corrected chi connectivity index (χ4v) is 6.51. The van der Waals surface area contributed by atoms with E-state index in [9.17, 15) is 9.59 Å². The normalized spacial score (nSPS) is 37.4. The van der Waals surface area contributed by atoms with Crippen LogP contribution < -0.4 is 5.32 Å². The minimum atomic E-state index is -0.483. The van der Waals surface area contributed by atoms with Gasteiger partial charge < -0.3 is 23.7 Å². The van der Waals surface area contributed by atoms with Crippen molar-refractivity contribution in [3.8, 4) is 0 Å². The highest BCUT2D eigenvalue weighted by molar-refractivity contribution is 5.78. The fourth-order valence-electron chi connectivity index (χ4n) is 6.51. The fraction of sp³-hybridized carbons (Fsp3) is 0.852. The summed E-state index contributed by atoms with van der Waals surface area (Å²) in [5.41, 5.74) is 0.640. The van der Waals surface area contributed by atoms with Crippen LogP contribution in [0, 0.1) is 11.8 Å². The number of carbonyl (C=O) groups is 2. The van der Waals surface area contributed by atoms with Gasteiger partial charge in [0.1, 0.15) is 29.5 Å². The highest BCUT2D eigenvalue weighted by Gasteiger charge is 2.72. The number of methoxy groups -OCH3 is 2. The molecule has 4 rings (SSSR count). The summed E-state index contributed by atoms with van der Waals surface area (Å²) in [6, 6.07) is -0.483. The lowest BCUT2D eigenvalue weighted by atomic mass is 9.68. The average molecular weight is 494 g/mol. The zero-order valence-corrected chi connectivity index (χ0v) is 22.0. The third kappa shape index (κ3) is 5.76. The van der Waals surface area contributed by atoms with Crippen LogP contribution in [0.3, 0.4) is 0 Å². The van der Waals surface area contributed by atoms with E-state index in [0.717, 1.165) is 38.5 Å². The van der Waals surface area contributed by atoms with Gasteiger partial charge in [-0.2, -0.15) is 0 Å². The second-order valence-electron chi connectivity index (χ2n) is 11.2. The largest absolute Gasteiger partial charge is 0.468 e. The van der Waals surface area contributed by atoms with Crippen molar-refractivity contribution >= 4 is 11.9 Å². The number of esters is 2.